The van der Waals surface area contributed by atoms with Crippen LogP contribution in [0.15, 0.2) is 60.7 Å². The van der Waals surface area contributed by atoms with Gasteiger partial charge in [-0.1, -0.05) is 18.2 Å². The van der Waals surface area contributed by atoms with E-state index in [2.05, 4.69) is 20.7 Å². The quantitative estimate of drug-likeness (QED) is 0.303. The summed E-state index contributed by atoms with van der Waals surface area (Å²) in [6.07, 6.45) is -4.41. The minimum Gasteiger partial charge on any atom is -0.489 e. The van der Waals surface area contributed by atoms with E-state index in [0.717, 1.165) is 23.4 Å². The van der Waals surface area contributed by atoms with Crippen LogP contribution in [0, 0.1) is 20.8 Å². The Morgan fingerprint density at radius 2 is 1.70 bits per heavy atom. The second-order valence-corrected chi connectivity index (χ2v) is 9.21. The van der Waals surface area contributed by atoms with Crippen LogP contribution in [0.1, 0.15) is 54.6 Å². The van der Waals surface area contributed by atoms with Crippen molar-refractivity contribution in [2.24, 2.45) is 0 Å². The van der Waals surface area contributed by atoms with Gasteiger partial charge in [-0.05, 0) is 74.4 Å². The molecule has 4 aromatic rings. The highest BCUT2D eigenvalue weighted by molar-refractivity contribution is 6.04. The summed E-state index contributed by atoms with van der Waals surface area (Å²) in [4.78, 5) is 29.2. The van der Waals surface area contributed by atoms with Crippen molar-refractivity contribution in [3.8, 4) is 5.75 Å². The number of alkyl halides is 3. The molecule has 0 unspecified atom stereocenters. The van der Waals surface area contributed by atoms with Crippen molar-refractivity contribution in [2.45, 2.75) is 40.1 Å². The number of anilines is 1. The Labute approximate surface area is 229 Å². The molecule has 11 heteroatoms. The van der Waals surface area contributed by atoms with Crippen LogP contribution in [0.4, 0.5) is 18.9 Å². The minimum atomic E-state index is -4.41. The highest BCUT2D eigenvalue weighted by atomic mass is 19.4. The van der Waals surface area contributed by atoms with E-state index in [0.29, 0.717) is 46.2 Å². The first kappa shape index (κ1) is 28.3. The SMILES string of the molecule is CNC(=O)c1cccc(Cn2nc(C)c(NC(=O)c3ccc(COc4ccc(C(F)(F)F)cc4C)cc3)c2C)n1. The van der Waals surface area contributed by atoms with Crippen LogP contribution in [-0.4, -0.2) is 33.6 Å². The lowest BCUT2D eigenvalue weighted by Crippen LogP contribution is -2.20. The fourth-order valence-electron chi connectivity index (χ4n) is 4.09. The molecule has 8 nitrogen and oxygen atoms in total. The molecular weight excluding hydrogens is 523 g/mol. The molecule has 208 valence electrons. The zero-order valence-corrected chi connectivity index (χ0v) is 22.4. The van der Waals surface area contributed by atoms with Crippen LogP contribution in [0.25, 0.3) is 0 Å². The van der Waals surface area contributed by atoms with E-state index in [-0.39, 0.29) is 18.4 Å². The molecule has 2 amide bonds. The maximum absolute atomic E-state index is 13.0. The molecule has 2 aromatic heterocycles. The summed E-state index contributed by atoms with van der Waals surface area (Å²) in [5.41, 5.74) is 3.72. The van der Waals surface area contributed by atoms with Gasteiger partial charge in [0.05, 0.1) is 34.9 Å². The van der Waals surface area contributed by atoms with Gasteiger partial charge in [0.1, 0.15) is 18.1 Å². The molecule has 0 atom stereocenters. The van der Waals surface area contributed by atoms with Gasteiger partial charge in [0.2, 0.25) is 0 Å². The van der Waals surface area contributed by atoms with Crippen molar-refractivity contribution in [1.29, 1.82) is 0 Å². The first-order valence-corrected chi connectivity index (χ1v) is 12.4. The Morgan fingerprint density at radius 1 is 0.975 bits per heavy atom. The third-order valence-electron chi connectivity index (χ3n) is 6.31. The van der Waals surface area contributed by atoms with E-state index in [1.54, 1.807) is 61.0 Å². The summed E-state index contributed by atoms with van der Waals surface area (Å²) < 4.78 is 46.0. The Hall–Kier alpha value is -4.67. The largest absolute Gasteiger partial charge is 0.489 e. The Balaban J connectivity index is 1.40. The third kappa shape index (κ3) is 6.48. The maximum atomic E-state index is 13.0. The zero-order chi connectivity index (χ0) is 29.0. The maximum Gasteiger partial charge on any atom is 0.416 e. The second kappa shape index (κ2) is 11.6. The van der Waals surface area contributed by atoms with Gasteiger partial charge in [0, 0.05) is 12.6 Å². The monoisotopic (exact) mass is 551 g/mol. The Kier molecular flexibility index (Phi) is 8.22. The number of amides is 2. The number of hydrogen-bond donors (Lipinski definition) is 2. The predicted molar refractivity (Wildman–Crippen MR) is 143 cm³/mol. The summed E-state index contributed by atoms with van der Waals surface area (Å²) in [7, 11) is 1.54. The molecule has 0 aliphatic carbocycles. The van der Waals surface area contributed by atoms with Crippen LogP contribution >= 0.6 is 0 Å². The summed E-state index contributed by atoms with van der Waals surface area (Å²) in [5.74, 6) is -0.250. The molecular formula is C29H28F3N5O3. The Morgan fingerprint density at radius 3 is 2.35 bits per heavy atom. The van der Waals surface area contributed by atoms with E-state index >= 15 is 0 Å². The van der Waals surface area contributed by atoms with Gasteiger partial charge in [-0.3, -0.25) is 14.3 Å². The number of aryl methyl sites for hydroxylation is 2. The molecule has 4 rings (SSSR count). The minimum absolute atomic E-state index is 0.133. The average molecular weight is 552 g/mol. The zero-order valence-electron chi connectivity index (χ0n) is 22.4. The van der Waals surface area contributed by atoms with Crippen molar-refractivity contribution in [3.63, 3.8) is 0 Å². The van der Waals surface area contributed by atoms with E-state index < -0.39 is 11.7 Å². The molecule has 2 N–H and O–H groups in total. The van der Waals surface area contributed by atoms with Gasteiger partial charge in [-0.2, -0.15) is 18.3 Å². The number of aromatic nitrogens is 3. The summed E-state index contributed by atoms with van der Waals surface area (Å²) in [6, 6.07) is 15.3. The van der Waals surface area contributed by atoms with Crippen molar-refractivity contribution in [3.05, 3.63) is 106 Å². The van der Waals surface area contributed by atoms with Gasteiger partial charge >= 0.3 is 6.18 Å². The molecule has 2 heterocycles. The van der Waals surface area contributed by atoms with E-state index in [1.807, 2.05) is 6.92 Å². The number of pyridine rings is 1. The molecule has 0 radical (unpaired) electrons. The van der Waals surface area contributed by atoms with Gasteiger partial charge < -0.3 is 15.4 Å². The van der Waals surface area contributed by atoms with Crippen LogP contribution in [0.3, 0.4) is 0 Å². The first-order valence-electron chi connectivity index (χ1n) is 12.4. The summed E-state index contributed by atoms with van der Waals surface area (Å²) in [5, 5.41) is 9.98. The standard InChI is InChI=1S/C29H28F3N5O3/c1-17-14-22(29(30,31)32)12-13-25(17)40-16-20-8-10-21(11-9-20)27(38)35-26-18(2)36-37(19(26)3)15-23-6-5-7-24(34-23)28(39)33-4/h5-14H,15-16H2,1-4H3,(H,33,39)(H,35,38). The molecule has 0 saturated carbocycles. The molecule has 0 aliphatic rings. The molecule has 0 spiro atoms. The number of rotatable bonds is 8. The molecule has 0 bridgehead atoms. The number of benzene rings is 2. The molecule has 0 saturated heterocycles. The van der Waals surface area contributed by atoms with Crippen molar-refractivity contribution in [1.82, 2.24) is 20.1 Å². The second-order valence-electron chi connectivity index (χ2n) is 9.21. The average Bonchev–Trinajstić information content (AvgIpc) is 3.18. The smallest absolute Gasteiger partial charge is 0.416 e. The number of hydrogen-bond acceptors (Lipinski definition) is 5. The number of ether oxygens (including phenoxy) is 1. The fraction of sp³-hybridized carbons (Fsp3) is 0.241. The summed E-state index contributed by atoms with van der Waals surface area (Å²) >= 11 is 0. The Bertz CT molecular complexity index is 1550. The van der Waals surface area contributed by atoms with Crippen LogP contribution in [-0.2, 0) is 19.3 Å². The highest BCUT2D eigenvalue weighted by Gasteiger charge is 2.30. The topological polar surface area (TPSA) is 98.1 Å². The van der Waals surface area contributed by atoms with Crippen LogP contribution in [0.5, 0.6) is 5.75 Å². The normalized spacial score (nSPS) is 11.3. The predicted octanol–water partition coefficient (Wildman–Crippen LogP) is 5.46. The van der Waals surface area contributed by atoms with Gasteiger partial charge in [0.25, 0.3) is 11.8 Å². The van der Waals surface area contributed by atoms with Gasteiger partial charge in [-0.15, -0.1) is 0 Å². The van der Waals surface area contributed by atoms with Gasteiger partial charge in [-0.25, -0.2) is 4.98 Å². The van der Waals surface area contributed by atoms with Gasteiger partial charge in [0.15, 0.2) is 0 Å². The molecule has 40 heavy (non-hydrogen) atoms. The lowest BCUT2D eigenvalue weighted by Gasteiger charge is -2.13. The van der Waals surface area contributed by atoms with E-state index in [4.69, 9.17) is 4.74 Å². The molecule has 0 fully saturated rings. The highest BCUT2D eigenvalue weighted by Crippen LogP contribution is 2.32. The van der Waals surface area contributed by atoms with Crippen molar-refractivity contribution >= 4 is 17.5 Å². The van der Waals surface area contributed by atoms with Crippen LogP contribution in [0.2, 0.25) is 0 Å². The molecule has 2 aromatic carbocycles. The van der Waals surface area contributed by atoms with Crippen molar-refractivity contribution < 1.29 is 27.5 Å². The first-order chi connectivity index (χ1) is 19.0. The summed E-state index contributed by atoms with van der Waals surface area (Å²) in [6.45, 7) is 5.64. The number of carbonyl (C=O) groups is 2. The van der Waals surface area contributed by atoms with E-state index in [1.165, 1.54) is 13.1 Å². The number of nitrogens with one attached hydrogen (secondary N) is 2. The number of nitrogens with zero attached hydrogens (tertiary/aromatic N) is 3. The number of halogens is 3. The third-order valence-corrected chi connectivity index (χ3v) is 6.31. The number of carbonyl (C=O) groups excluding carboxylic acids is 2. The molecule has 0 aliphatic heterocycles. The van der Waals surface area contributed by atoms with Crippen molar-refractivity contribution in [2.75, 3.05) is 12.4 Å². The van der Waals surface area contributed by atoms with E-state index in [9.17, 15) is 22.8 Å². The fourth-order valence-corrected chi connectivity index (χ4v) is 4.09. The lowest BCUT2D eigenvalue weighted by molar-refractivity contribution is -0.137. The van der Waals surface area contributed by atoms with Crippen LogP contribution < -0.4 is 15.4 Å². The lowest BCUT2D eigenvalue weighted by atomic mass is 10.1.